The van der Waals surface area contributed by atoms with Crippen LogP contribution in [-0.2, 0) is 9.59 Å². The second-order valence-electron chi connectivity index (χ2n) is 4.97. The Labute approximate surface area is 118 Å². The van der Waals surface area contributed by atoms with Gasteiger partial charge in [0, 0.05) is 12.1 Å². The Kier molecular flexibility index (Phi) is 4.61. The summed E-state index contributed by atoms with van der Waals surface area (Å²) < 4.78 is 5.46. The average Bonchev–Trinajstić information content (AvgIpc) is 2.41. The van der Waals surface area contributed by atoms with Crippen LogP contribution in [0.15, 0.2) is 18.2 Å². The molecular weight excluding hydrogens is 256 g/mol. The number of hydrogen-bond acceptors (Lipinski definition) is 3. The first kappa shape index (κ1) is 14.4. The third-order valence-electron chi connectivity index (χ3n) is 3.20. The van der Waals surface area contributed by atoms with Crippen molar-refractivity contribution in [3.05, 3.63) is 18.2 Å². The number of fused-ring (bicyclic) bond motifs is 1. The molecule has 0 aromatic heterocycles. The van der Waals surface area contributed by atoms with Crippen LogP contribution < -0.4 is 15.4 Å². The Balaban J connectivity index is 1.99. The van der Waals surface area contributed by atoms with E-state index in [0.29, 0.717) is 23.5 Å². The van der Waals surface area contributed by atoms with Gasteiger partial charge in [0.1, 0.15) is 5.75 Å². The van der Waals surface area contributed by atoms with Gasteiger partial charge in [0.2, 0.25) is 5.91 Å². The number of anilines is 2. The molecule has 0 unspecified atom stereocenters. The molecule has 0 radical (unpaired) electrons. The zero-order chi connectivity index (χ0) is 14.5. The lowest BCUT2D eigenvalue weighted by molar-refractivity contribution is -0.122. The van der Waals surface area contributed by atoms with Crippen LogP contribution in [0, 0.1) is 0 Å². The van der Waals surface area contributed by atoms with Gasteiger partial charge >= 0.3 is 0 Å². The molecule has 2 N–H and O–H groups in total. The molecule has 108 valence electrons. The summed E-state index contributed by atoms with van der Waals surface area (Å²) in [4.78, 5) is 23.3. The fraction of sp³-hybridized carbons (Fsp3) is 0.467. The largest absolute Gasteiger partial charge is 0.479 e. The summed E-state index contributed by atoms with van der Waals surface area (Å²) in [7, 11) is 0. The number of benzene rings is 1. The zero-order valence-electron chi connectivity index (χ0n) is 11.9. The van der Waals surface area contributed by atoms with Crippen molar-refractivity contribution in [2.45, 2.75) is 45.6 Å². The first-order chi connectivity index (χ1) is 9.60. The second kappa shape index (κ2) is 6.41. The molecule has 0 aliphatic carbocycles. The molecule has 0 bridgehead atoms. The van der Waals surface area contributed by atoms with Crippen LogP contribution in [0.25, 0.3) is 0 Å². The van der Waals surface area contributed by atoms with E-state index in [0.717, 1.165) is 19.3 Å². The average molecular weight is 276 g/mol. The number of carbonyl (C=O) groups is 2. The van der Waals surface area contributed by atoms with Gasteiger partial charge in [-0.25, -0.2) is 0 Å². The molecule has 1 aromatic rings. The molecule has 2 rings (SSSR count). The number of carbonyl (C=O) groups excluding carboxylic acids is 2. The third-order valence-corrected chi connectivity index (χ3v) is 3.20. The zero-order valence-corrected chi connectivity index (χ0v) is 11.9. The Morgan fingerprint density at radius 2 is 2.20 bits per heavy atom. The van der Waals surface area contributed by atoms with E-state index in [1.807, 2.05) is 0 Å². The summed E-state index contributed by atoms with van der Waals surface area (Å²) in [5.74, 6) is 0.444. The monoisotopic (exact) mass is 276 g/mol. The summed E-state index contributed by atoms with van der Waals surface area (Å²) >= 11 is 0. The van der Waals surface area contributed by atoms with Crippen molar-refractivity contribution in [2.75, 3.05) is 10.6 Å². The van der Waals surface area contributed by atoms with Gasteiger partial charge in [-0.15, -0.1) is 0 Å². The molecule has 20 heavy (non-hydrogen) atoms. The minimum atomic E-state index is -0.489. The second-order valence-corrected chi connectivity index (χ2v) is 4.97. The Morgan fingerprint density at radius 3 is 2.95 bits per heavy atom. The van der Waals surface area contributed by atoms with Crippen LogP contribution >= 0.6 is 0 Å². The molecule has 2 amide bonds. The van der Waals surface area contributed by atoms with Crippen molar-refractivity contribution in [1.29, 1.82) is 0 Å². The van der Waals surface area contributed by atoms with E-state index in [-0.39, 0.29) is 11.8 Å². The minimum Gasteiger partial charge on any atom is -0.479 e. The number of rotatable bonds is 5. The highest BCUT2D eigenvalue weighted by atomic mass is 16.5. The predicted octanol–water partition coefficient (Wildman–Crippen LogP) is 2.92. The quantitative estimate of drug-likeness (QED) is 0.812. The van der Waals surface area contributed by atoms with Crippen molar-refractivity contribution in [3.63, 3.8) is 0 Å². The van der Waals surface area contributed by atoms with Crippen molar-refractivity contribution in [3.8, 4) is 5.75 Å². The van der Waals surface area contributed by atoms with E-state index in [1.165, 1.54) is 0 Å². The van der Waals surface area contributed by atoms with Gasteiger partial charge in [-0.05, 0) is 31.5 Å². The molecule has 0 fully saturated rings. The molecule has 1 aliphatic heterocycles. The summed E-state index contributed by atoms with van der Waals surface area (Å²) in [5, 5.41) is 5.59. The van der Waals surface area contributed by atoms with Gasteiger partial charge < -0.3 is 15.4 Å². The third kappa shape index (κ3) is 3.50. The van der Waals surface area contributed by atoms with Crippen LogP contribution in [0.3, 0.4) is 0 Å². The lowest BCUT2D eigenvalue weighted by atomic mass is 10.2. The fourth-order valence-corrected chi connectivity index (χ4v) is 2.05. The van der Waals surface area contributed by atoms with Crippen molar-refractivity contribution >= 4 is 23.2 Å². The van der Waals surface area contributed by atoms with Gasteiger partial charge in [-0.1, -0.05) is 19.8 Å². The van der Waals surface area contributed by atoms with Gasteiger partial charge in [0.15, 0.2) is 6.10 Å². The highest BCUT2D eigenvalue weighted by molar-refractivity contribution is 5.99. The molecule has 1 atom stereocenters. The van der Waals surface area contributed by atoms with Gasteiger partial charge in [-0.2, -0.15) is 0 Å². The molecule has 0 saturated heterocycles. The molecule has 0 spiro atoms. The number of amides is 2. The number of nitrogens with one attached hydrogen (secondary N) is 2. The van der Waals surface area contributed by atoms with Crippen LogP contribution in [0.5, 0.6) is 5.75 Å². The molecular formula is C15H20N2O3. The first-order valence-corrected chi connectivity index (χ1v) is 7.01. The van der Waals surface area contributed by atoms with E-state index in [4.69, 9.17) is 4.74 Å². The molecule has 1 heterocycles. The highest BCUT2D eigenvalue weighted by Gasteiger charge is 2.23. The smallest absolute Gasteiger partial charge is 0.265 e. The van der Waals surface area contributed by atoms with Crippen LogP contribution in [0.2, 0.25) is 0 Å². The summed E-state index contributed by atoms with van der Waals surface area (Å²) in [6.07, 6.45) is 3.07. The highest BCUT2D eigenvalue weighted by Crippen LogP contribution is 2.32. The van der Waals surface area contributed by atoms with Crippen molar-refractivity contribution in [1.82, 2.24) is 0 Å². The lowest BCUT2D eigenvalue weighted by Crippen LogP contribution is -2.34. The molecule has 5 heteroatoms. The number of hydrogen-bond donors (Lipinski definition) is 2. The van der Waals surface area contributed by atoms with Gasteiger partial charge in [0.05, 0.1) is 5.69 Å². The van der Waals surface area contributed by atoms with E-state index in [2.05, 4.69) is 17.6 Å². The van der Waals surface area contributed by atoms with Crippen LogP contribution in [0.4, 0.5) is 11.4 Å². The summed E-state index contributed by atoms with van der Waals surface area (Å²) in [5.41, 5.74) is 1.27. The first-order valence-electron chi connectivity index (χ1n) is 7.01. The fourth-order valence-electron chi connectivity index (χ4n) is 2.05. The minimum absolute atomic E-state index is 0.00479. The van der Waals surface area contributed by atoms with E-state index >= 15 is 0 Å². The molecule has 1 aromatic carbocycles. The van der Waals surface area contributed by atoms with E-state index < -0.39 is 6.10 Å². The van der Waals surface area contributed by atoms with Gasteiger partial charge in [-0.3, -0.25) is 9.59 Å². The SMILES string of the molecule is CCCCCC(=O)Nc1ccc2c(c1)NC(=O)[C@@H](C)O2. The maximum Gasteiger partial charge on any atom is 0.265 e. The Hall–Kier alpha value is -2.04. The van der Waals surface area contributed by atoms with Crippen LogP contribution in [-0.4, -0.2) is 17.9 Å². The van der Waals surface area contributed by atoms with E-state index in [9.17, 15) is 9.59 Å². The molecule has 0 saturated carbocycles. The van der Waals surface area contributed by atoms with Crippen molar-refractivity contribution in [2.24, 2.45) is 0 Å². The normalized spacial score (nSPS) is 16.9. The predicted molar refractivity (Wildman–Crippen MR) is 77.9 cm³/mol. The van der Waals surface area contributed by atoms with Crippen molar-refractivity contribution < 1.29 is 14.3 Å². The van der Waals surface area contributed by atoms with Crippen LogP contribution in [0.1, 0.15) is 39.5 Å². The number of unbranched alkanes of at least 4 members (excludes halogenated alkanes) is 2. The lowest BCUT2D eigenvalue weighted by Gasteiger charge is -2.23. The molecule has 5 nitrogen and oxygen atoms in total. The maximum absolute atomic E-state index is 11.7. The Bertz CT molecular complexity index is 514. The van der Waals surface area contributed by atoms with Gasteiger partial charge in [0.25, 0.3) is 5.91 Å². The summed E-state index contributed by atoms with van der Waals surface area (Å²) in [6.45, 7) is 3.80. The Morgan fingerprint density at radius 1 is 1.40 bits per heavy atom. The standard InChI is InChI=1S/C15H20N2O3/c1-3-4-5-6-14(18)16-11-7-8-13-12(9-11)17-15(19)10(2)20-13/h7-10H,3-6H2,1-2H3,(H,16,18)(H,17,19)/t10-/m1/s1. The maximum atomic E-state index is 11.7. The molecule has 1 aliphatic rings. The van der Waals surface area contributed by atoms with E-state index in [1.54, 1.807) is 25.1 Å². The number of ether oxygens (including phenoxy) is 1. The summed E-state index contributed by atoms with van der Waals surface area (Å²) in [6, 6.07) is 5.25. The topological polar surface area (TPSA) is 67.4 Å².